The van der Waals surface area contributed by atoms with Gasteiger partial charge < -0.3 is 19.9 Å². The van der Waals surface area contributed by atoms with E-state index in [4.69, 9.17) is 14.5 Å². The Morgan fingerprint density at radius 2 is 1.82 bits per heavy atom. The highest BCUT2D eigenvalue weighted by Crippen LogP contribution is 2.48. The molecule has 40 heavy (non-hydrogen) atoms. The molecule has 6 rings (SSSR count). The highest BCUT2D eigenvalue weighted by atomic mass is 16.5. The van der Waals surface area contributed by atoms with Crippen LogP contribution in [0.4, 0.5) is 0 Å². The van der Waals surface area contributed by atoms with Crippen molar-refractivity contribution in [2.24, 2.45) is 22.2 Å². The van der Waals surface area contributed by atoms with E-state index in [9.17, 15) is 5.11 Å². The van der Waals surface area contributed by atoms with Gasteiger partial charge in [-0.3, -0.25) is 5.32 Å². The fourth-order valence-corrected chi connectivity index (χ4v) is 5.95. The van der Waals surface area contributed by atoms with Crippen molar-refractivity contribution in [3.63, 3.8) is 0 Å². The predicted molar refractivity (Wildman–Crippen MR) is 161 cm³/mol. The number of aliphatic hydroxyl groups is 1. The van der Waals surface area contributed by atoms with Crippen LogP contribution in [0.15, 0.2) is 77.1 Å². The van der Waals surface area contributed by atoms with Crippen LogP contribution < -0.4 is 10.6 Å². The summed E-state index contributed by atoms with van der Waals surface area (Å²) in [6, 6.07) is 4.35. The Hall–Kier alpha value is -3.19. The number of allylic oxidation sites excluding steroid dienone is 7. The summed E-state index contributed by atoms with van der Waals surface area (Å²) < 4.78 is 12.3. The van der Waals surface area contributed by atoms with Crippen molar-refractivity contribution in [2.45, 2.75) is 71.7 Å². The minimum absolute atomic E-state index is 0.0616. The van der Waals surface area contributed by atoms with E-state index in [2.05, 4.69) is 99.9 Å². The van der Waals surface area contributed by atoms with Gasteiger partial charge >= 0.3 is 0 Å². The molecule has 6 nitrogen and oxygen atoms in total. The van der Waals surface area contributed by atoms with Crippen LogP contribution in [-0.4, -0.2) is 41.8 Å². The second-order valence-electron chi connectivity index (χ2n) is 12.8. The van der Waals surface area contributed by atoms with Crippen LogP contribution in [0.3, 0.4) is 0 Å². The molecule has 1 aromatic rings. The first-order chi connectivity index (χ1) is 19.1. The Morgan fingerprint density at radius 1 is 1.00 bits per heavy atom. The summed E-state index contributed by atoms with van der Waals surface area (Å²) in [5.74, 6) is 1.87. The van der Waals surface area contributed by atoms with Crippen LogP contribution in [0.2, 0.25) is 0 Å². The fraction of sp³-hybridized carbons (Fsp3) is 0.441. The molecule has 1 aromatic carbocycles. The summed E-state index contributed by atoms with van der Waals surface area (Å²) in [5, 5.41) is 18.2. The van der Waals surface area contributed by atoms with Gasteiger partial charge in [0.2, 0.25) is 0 Å². The third-order valence-electron chi connectivity index (χ3n) is 9.14. The quantitative estimate of drug-likeness (QED) is 0.427. The lowest BCUT2D eigenvalue weighted by Crippen LogP contribution is -2.58. The fourth-order valence-electron chi connectivity index (χ4n) is 5.95. The van der Waals surface area contributed by atoms with Gasteiger partial charge in [0.25, 0.3) is 0 Å². The number of benzene rings is 1. The molecular weight excluding hydrogens is 498 g/mol. The monoisotopic (exact) mass is 539 g/mol. The lowest BCUT2D eigenvalue weighted by molar-refractivity contribution is -0.0504. The van der Waals surface area contributed by atoms with Crippen molar-refractivity contribution >= 4 is 18.0 Å². The van der Waals surface area contributed by atoms with Gasteiger partial charge in [-0.05, 0) is 55.2 Å². The standard InChI is InChI=1S/C34H41N3O3/c1-7-39-32-36-30(25-17-14-22-12-11-20-9-8-10-21-13-16-24(25)29(22)28(20)21)35-31(37-32)26-18-15-23(19-27(26)38)40-34(5,6)33(2,3)4/h8-20,26-28,31-32,37-38H,7H2,1-6H3,(H,35,36). The van der Waals surface area contributed by atoms with Crippen LogP contribution >= 0.6 is 0 Å². The first-order valence-corrected chi connectivity index (χ1v) is 14.5. The number of ether oxygens (including phenoxy) is 2. The summed E-state index contributed by atoms with van der Waals surface area (Å²) in [6.45, 7) is 13.2. The van der Waals surface area contributed by atoms with E-state index in [0.717, 1.165) is 11.4 Å². The second-order valence-corrected chi connectivity index (χ2v) is 12.8. The van der Waals surface area contributed by atoms with E-state index in [1.54, 1.807) is 6.08 Å². The second kappa shape index (κ2) is 10.0. The topological polar surface area (TPSA) is 75.1 Å². The minimum atomic E-state index is -0.756. The molecule has 6 heteroatoms. The Labute approximate surface area is 237 Å². The van der Waals surface area contributed by atoms with Gasteiger partial charge in [-0.25, -0.2) is 4.99 Å². The SMILES string of the molecule is CCOC1NC(c2ccc3c4c2C=CC2=CC=CC(C=C3)C24)=NC(C2C=CC(OC(C)(C)C(C)(C)C)=CC2O)N1. The molecule has 0 bridgehead atoms. The first kappa shape index (κ1) is 27.0. The van der Waals surface area contributed by atoms with Crippen LogP contribution in [-0.2, 0) is 9.47 Å². The van der Waals surface area contributed by atoms with Crippen molar-refractivity contribution in [3.8, 4) is 0 Å². The van der Waals surface area contributed by atoms with E-state index < -0.39 is 18.1 Å². The molecule has 0 aromatic heterocycles. The van der Waals surface area contributed by atoms with E-state index in [0.29, 0.717) is 24.2 Å². The van der Waals surface area contributed by atoms with E-state index in [1.165, 1.54) is 22.3 Å². The number of aliphatic hydroxyl groups excluding tert-OH is 1. The van der Waals surface area contributed by atoms with Gasteiger partial charge in [0.05, 0.1) is 6.10 Å². The Kier molecular flexibility index (Phi) is 6.76. The number of aliphatic imine (C=N–C) groups is 1. The molecule has 0 radical (unpaired) electrons. The maximum absolute atomic E-state index is 11.2. The lowest BCUT2D eigenvalue weighted by Gasteiger charge is -2.41. The van der Waals surface area contributed by atoms with E-state index in [1.807, 2.05) is 19.1 Å². The molecule has 0 spiro atoms. The first-order valence-electron chi connectivity index (χ1n) is 14.5. The zero-order valence-corrected chi connectivity index (χ0v) is 24.3. The normalized spacial score (nSPS) is 30.2. The lowest BCUT2D eigenvalue weighted by atomic mass is 9.68. The molecule has 4 aliphatic carbocycles. The molecule has 1 heterocycles. The zero-order valence-electron chi connectivity index (χ0n) is 24.3. The molecule has 3 N–H and O–H groups in total. The molecule has 0 fully saturated rings. The minimum Gasteiger partial charge on any atom is -0.488 e. The summed E-state index contributed by atoms with van der Waals surface area (Å²) in [6.07, 6.45) is 19.9. The smallest absolute Gasteiger partial charge is 0.186 e. The average molecular weight is 540 g/mol. The van der Waals surface area contributed by atoms with Gasteiger partial charge in [-0.1, -0.05) is 81.5 Å². The summed E-state index contributed by atoms with van der Waals surface area (Å²) in [4.78, 5) is 5.13. The molecule has 0 saturated heterocycles. The Balaban J connectivity index is 1.32. The maximum atomic E-state index is 11.2. The van der Waals surface area contributed by atoms with Crippen molar-refractivity contribution in [2.75, 3.05) is 6.61 Å². The zero-order chi connectivity index (χ0) is 28.2. The Bertz CT molecular complexity index is 1400. The van der Waals surface area contributed by atoms with Crippen LogP contribution in [0, 0.1) is 17.3 Å². The predicted octanol–water partition coefficient (Wildman–Crippen LogP) is 5.79. The van der Waals surface area contributed by atoms with Crippen LogP contribution in [0.1, 0.15) is 69.7 Å². The third-order valence-corrected chi connectivity index (χ3v) is 9.14. The largest absolute Gasteiger partial charge is 0.488 e. The number of hydrogen-bond donors (Lipinski definition) is 3. The summed E-state index contributed by atoms with van der Waals surface area (Å²) in [5.41, 5.74) is 5.77. The van der Waals surface area contributed by atoms with Crippen molar-refractivity contribution in [3.05, 3.63) is 94.3 Å². The molecular formula is C34H41N3O3. The molecule has 5 aliphatic rings. The van der Waals surface area contributed by atoms with E-state index >= 15 is 0 Å². The molecule has 6 atom stereocenters. The van der Waals surface area contributed by atoms with Crippen molar-refractivity contribution < 1.29 is 14.6 Å². The Morgan fingerprint density at radius 3 is 2.58 bits per heavy atom. The molecule has 1 aliphatic heterocycles. The van der Waals surface area contributed by atoms with Crippen LogP contribution in [0.5, 0.6) is 0 Å². The highest BCUT2D eigenvalue weighted by molar-refractivity contribution is 6.04. The van der Waals surface area contributed by atoms with Crippen molar-refractivity contribution in [1.82, 2.24) is 10.6 Å². The van der Waals surface area contributed by atoms with Crippen molar-refractivity contribution in [1.29, 1.82) is 0 Å². The molecule has 210 valence electrons. The summed E-state index contributed by atoms with van der Waals surface area (Å²) >= 11 is 0. The van der Waals surface area contributed by atoms with Gasteiger partial charge in [0, 0.05) is 35.3 Å². The highest BCUT2D eigenvalue weighted by Gasteiger charge is 2.39. The molecule has 0 amide bonds. The number of nitrogens with one attached hydrogen (secondary N) is 2. The average Bonchev–Trinajstić information content (AvgIpc) is 2.91. The number of hydrogen-bond acceptors (Lipinski definition) is 6. The van der Waals surface area contributed by atoms with E-state index in [-0.39, 0.29) is 17.5 Å². The summed E-state index contributed by atoms with van der Waals surface area (Å²) in [7, 11) is 0. The van der Waals surface area contributed by atoms with Gasteiger partial charge in [-0.15, -0.1) is 0 Å². The molecule has 0 saturated carbocycles. The number of amidine groups is 1. The van der Waals surface area contributed by atoms with Crippen LogP contribution in [0.25, 0.3) is 12.2 Å². The number of nitrogens with zero attached hydrogens (tertiary/aromatic N) is 1. The number of rotatable bonds is 6. The van der Waals surface area contributed by atoms with Gasteiger partial charge in [-0.2, -0.15) is 0 Å². The van der Waals surface area contributed by atoms with Gasteiger partial charge in [0.1, 0.15) is 23.4 Å². The maximum Gasteiger partial charge on any atom is 0.186 e. The third kappa shape index (κ3) is 4.72. The van der Waals surface area contributed by atoms with Gasteiger partial charge in [0.15, 0.2) is 6.35 Å². The molecule has 6 unspecified atom stereocenters.